The van der Waals surface area contributed by atoms with Gasteiger partial charge in [-0.3, -0.25) is 0 Å². The predicted octanol–water partition coefficient (Wildman–Crippen LogP) is 4.72. The molecule has 1 aromatic heterocycles. The first-order valence-electron chi connectivity index (χ1n) is 9.60. The van der Waals surface area contributed by atoms with Crippen LogP contribution in [0.15, 0.2) is 76.0 Å². The highest BCUT2D eigenvalue weighted by Crippen LogP contribution is 2.28. The van der Waals surface area contributed by atoms with E-state index in [4.69, 9.17) is 18.6 Å². The smallest absolute Gasteiger partial charge is 0.336 e. The summed E-state index contributed by atoms with van der Waals surface area (Å²) in [6.07, 6.45) is 2.92. The average molecular weight is 416 g/mol. The Kier molecular flexibility index (Phi) is 5.71. The summed E-state index contributed by atoms with van der Waals surface area (Å²) in [5.41, 5.74) is 1.26. The lowest BCUT2D eigenvalue weighted by Gasteiger charge is -2.09. The fraction of sp³-hybridized carbons (Fsp3) is 0.120. The third kappa shape index (κ3) is 4.28. The standard InChI is InChI=1S/C25H20O6/c1-28-19-10-7-17(22(14-19)29-2)9-12-23(26)30-15-18-13-24(27)31-21-11-8-16-5-3-4-6-20(16)25(18)21/h3-14H,15H2,1-2H3/b12-9+. The van der Waals surface area contributed by atoms with Crippen LogP contribution in [0, 0.1) is 0 Å². The SMILES string of the molecule is COc1ccc(/C=C/C(=O)OCc2cc(=O)oc3ccc4ccccc4c23)c(OC)c1. The van der Waals surface area contributed by atoms with Gasteiger partial charge in [-0.25, -0.2) is 9.59 Å². The minimum Gasteiger partial charge on any atom is -0.497 e. The van der Waals surface area contributed by atoms with Gasteiger partial charge in [0.05, 0.1) is 14.2 Å². The molecule has 0 saturated heterocycles. The topological polar surface area (TPSA) is 75.0 Å². The average Bonchev–Trinajstić information content (AvgIpc) is 2.80. The second kappa shape index (κ2) is 8.75. The molecule has 0 radical (unpaired) electrons. The largest absolute Gasteiger partial charge is 0.497 e. The van der Waals surface area contributed by atoms with Crippen molar-refractivity contribution in [3.8, 4) is 11.5 Å². The van der Waals surface area contributed by atoms with Gasteiger partial charge in [0.1, 0.15) is 23.7 Å². The maximum Gasteiger partial charge on any atom is 0.336 e. The highest BCUT2D eigenvalue weighted by Gasteiger charge is 2.11. The Morgan fingerprint density at radius 1 is 1.00 bits per heavy atom. The lowest BCUT2D eigenvalue weighted by molar-refractivity contribution is -0.138. The van der Waals surface area contributed by atoms with Crippen molar-refractivity contribution in [2.75, 3.05) is 14.2 Å². The Labute approximate surface area is 178 Å². The second-order valence-corrected chi connectivity index (χ2v) is 6.80. The monoisotopic (exact) mass is 416 g/mol. The van der Waals surface area contributed by atoms with Crippen LogP contribution in [0.5, 0.6) is 11.5 Å². The van der Waals surface area contributed by atoms with Crippen molar-refractivity contribution in [3.63, 3.8) is 0 Å². The maximum atomic E-state index is 12.3. The molecule has 3 aromatic carbocycles. The van der Waals surface area contributed by atoms with Crippen LogP contribution in [0.3, 0.4) is 0 Å². The summed E-state index contributed by atoms with van der Waals surface area (Å²) < 4.78 is 21.2. The number of ether oxygens (including phenoxy) is 3. The van der Waals surface area contributed by atoms with Gasteiger partial charge in [-0.1, -0.05) is 30.3 Å². The van der Waals surface area contributed by atoms with Crippen molar-refractivity contribution < 1.29 is 23.4 Å². The summed E-state index contributed by atoms with van der Waals surface area (Å²) in [7, 11) is 3.11. The molecule has 0 N–H and O–H groups in total. The second-order valence-electron chi connectivity index (χ2n) is 6.80. The molecule has 0 atom stereocenters. The van der Waals surface area contributed by atoms with Crippen LogP contribution in [0.1, 0.15) is 11.1 Å². The molecule has 0 amide bonds. The summed E-state index contributed by atoms with van der Waals surface area (Å²) in [5.74, 6) is 0.680. The molecule has 0 unspecified atom stereocenters. The van der Waals surface area contributed by atoms with Gasteiger partial charge in [0, 0.05) is 34.7 Å². The normalized spacial score (nSPS) is 11.2. The van der Waals surface area contributed by atoms with Crippen molar-refractivity contribution in [2.45, 2.75) is 6.61 Å². The Morgan fingerprint density at radius 2 is 1.84 bits per heavy atom. The molecular formula is C25H20O6. The molecule has 156 valence electrons. The molecule has 6 nitrogen and oxygen atoms in total. The molecule has 0 fully saturated rings. The number of benzene rings is 3. The van der Waals surface area contributed by atoms with Crippen LogP contribution in [0.25, 0.3) is 27.8 Å². The maximum absolute atomic E-state index is 12.3. The zero-order valence-electron chi connectivity index (χ0n) is 17.1. The zero-order chi connectivity index (χ0) is 21.8. The molecule has 0 spiro atoms. The van der Waals surface area contributed by atoms with Gasteiger partial charge < -0.3 is 18.6 Å². The fourth-order valence-electron chi connectivity index (χ4n) is 3.44. The first-order valence-corrected chi connectivity index (χ1v) is 9.60. The first kappa shape index (κ1) is 20.2. The van der Waals surface area contributed by atoms with E-state index >= 15 is 0 Å². The lowest BCUT2D eigenvalue weighted by Crippen LogP contribution is -2.06. The van der Waals surface area contributed by atoms with Crippen LogP contribution in [0.4, 0.5) is 0 Å². The molecule has 31 heavy (non-hydrogen) atoms. The Hall–Kier alpha value is -4.06. The summed E-state index contributed by atoms with van der Waals surface area (Å²) in [5, 5.41) is 2.68. The highest BCUT2D eigenvalue weighted by atomic mass is 16.5. The van der Waals surface area contributed by atoms with E-state index in [-0.39, 0.29) is 6.61 Å². The first-order chi connectivity index (χ1) is 15.1. The Bertz CT molecular complexity index is 1350. The van der Waals surface area contributed by atoms with Crippen molar-refractivity contribution in [1.29, 1.82) is 0 Å². The fourth-order valence-corrected chi connectivity index (χ4v) is 3.44. The number of methoxy groups -OCH3 is 2. The summed E-state index contributed by atoms with van der Waals surface area (Å²) in [6.45, 7) is -0.0565. The van der Waals surface area contributed by atoms with E-state index in [1.54, 1.807) is 44.6 Å². The number of hydrogen-bond donors (Lipinski definition) is 0. The number of hydrogen-bond acceptors (Lipinski definition) is 6. The minimum absolute atomic E-state index is 0.0565. The molecule has 0 aliphatic heterocycles. The molecule has 4 aromatic rings. The van der Waals surface area contributed by atoms with Crippen LogP contribution >= 0.6 is 0 Å². The van der Waals surface area contributed by atoms with Crippen LogP contribution < -0.4 is 15.1 Å². The van der Waals surface area contributed by atoms with Gasteiger partial charge in [0.25, 0.3) is 0 Å². The van der Waals surface area contributed by atoms with Gasteiger partial charge in [-0.05, 0) is 35.0 Å². The van der Waals surface area contributed by atoms with Gasteiger partial charge in [-0.15, -0.1) is 0 Å². The van der Waals surface area contributed by atoms with Crippen molar-refractivity contribution in [3.05, 3.63) is 88.3 Å². The van der Waals surface area contributed by atoms with E-state index < -0.39 is 11.6 Å². The van der Waals surface area contributed by atoms with Crippen LogP contribution in [-0.4, -0.2) is 20.2 Å². The number of carbonyl (C=O) groups excluding carboxylic acids is 1. The van der Waals surface area contributed by atoms with E-state index in [0.717, 1.165) is 16.2 Å². The molecule has 6 heteroatoms. The van der Waals surface area contributed by atoms with Crippen molar-refractivity contribution in [1.82, 2.24) is 0 Å². The van der Waals surface area contributed by atoms with E-state index in [9.17, 15) is 9.59 Å². The molecule has 1 heterocycles. The van der Waals surface area contributed by atoms with E-state index in [1.165, 1.54) is 12.1 Å². The predicted molar refractivity (Wildman–Crippen MR) is 118 cm³/mol. The summed E-state index contributed by atoms with van der Waals surface area (Å²) in [6, 6.07) is 18.0. The zero-order valence-corrected chi connectivity index (χ0v) is 17.1. The number of carbonyl (C=O) groups is 1. The van der Waals surface area contributed by atoms with Crippen molar-refractivity contribution >= 4 is 33.8 Å². The molecule has 0 aliphatic carbocycles. The van der Waals surface area contributed by atoms with Crippen LogP contribution in [0.2, 0.25) is 0 Å². The third-order valence-electron chi connectivity index (χ3n) is 4.92. The Balaban J connectivity index is 1.58. The van der Waals surface area contributed by atoms with Gasteiger partial charge in [0.15, 0.2) is 0 Å². The molecule has 0 bridgehead atoms. The molecule has 0 saturated carbocycles. The number of rotatable bonds is 6. The van der Waals surface area contributed by atoms with Crippen LogP contribution in [-0.2, 0) is 16.1 Å². The Morgan fingerprint density at radius 3 is 2.65 bits per heavy atom. The highest BCUT2D eigenvalue weighted by molar-refractivity contribution is 6.07. The molecule has 0 aliphatic rings. The van der Waals surface area contributed by atoms with E-state index in [2.05, 4.69) is 0 Å². The van der Waals surface area contributed by atoms with Gasteiger partial charge in [0.2, 0.25) is 0 Å². The summed E-state index contributed by atoms with van der Waals surface area (Å²) >= 11 is 0. The van der Waals surface area contributed by atoms with E-state index in [1.807, 2.05) is 30.3 Å². The molecule has 4 rings (SSSR count). The lowest BCUT2D eigenvalue weighted by atomic mass is 10.0. The minimum atomic E-state index is -0.542. The quantitative estimate of drug-likeness (QED) is 0.196. The summed E-state index contributed by atoms with van der Waals surface area (Å²) in [4.78, 5) is 24.3. The van der Waals surface area contributed by atoms with E-state index in [0.29, 0.717) is 28.2 Å². The molecular weight excluding hydrogens is 396 g/mol. The number of fused-ring (bicyclic) bond motifs is 3. The number of esters is 1. The third-order valence-corrected chi connectivity index (χ3v) is 4.92. The van der Waals surface area contributed by atoms with Crippen molar-refractivity contribution in [2.24, 2.45) is 0 Å². The van der Waals surface area contributed by atoms with Gasteiger partial charge >= 0.3 is 11.6 Å². The van der Waals surface area contributed by atoms with Gasteiger partial charge in [-0.2, -0.15) is 0 Å².